The van der Waals surface area contributed by atoms with Crippen molar-refractivity contribution in [3.8, 4) is 0 Å². The topological polar surface area (TPSA) is 79.8 Å². The number of benzene rings is 3. The maximum atomic E-state index is 12.4. The highest BCUT2D eigenvalue weighted by atomic mass is 35.5. The molecule has 0 unspecified atom stereocenters. The zero-order valence-corrected chi connectivity index (χ0v) is 20.0. The van der Waals surface area contributed by atoms with Crippen LogP contribution < -0.4 is 0 Å². The van der Waals surface area contributed by atoms with E-state index in [4.69, 9.17) is 11.6 Å². The predicted octanol–water partition coefficient (Wildman–Crippen LogP) is 4.85. The summed E-state index contributed by atoms with van der Waals surface area (Å²) in [7, 11) is 0. The molecule has 0 spiro atoms. The Labute approximate surface area is 209 Å². The second-order valence-electron chi connectivity index (χ2n) is 8.96. The zero-order valence-electron chi connectivity index (χ0n) is 19.3. The molecule has 6 nitrogen and oxygen atoms in total. The van der Waals surface area contributed by atoms with E-state index in [0.717, 1.165) is 35.1 Å². The van der Waals surface area contributed by atoms with Crippen molar-refractivity contribution >= 4 is 28.5 Å². The number of hydrogen-bond acceptors (Lipinski definition) is 4. The van der Waals surface area contributed by atoms with Gasteiger partial charge in [0, 0.05) is 53.9 Å². The molecule has 2 heterocycles. The molecular formula is C28H28ClN3O3. The van der Waals surface area contributed by atoms with Gasteiger partial charge in [0.2, 0.25) is 0 Å². The van der Waals surface area contributed by atoms with Crippen LogP contribution in [0.15, 0.2) is 79.0 Å². The second-order valence-corrected chi connectivity index (χ2v) is 9.40. The number of nitrogens with one attached hydrogen (secondary N) is 1. The molecule has 1 aliphatic rings. The Bertz CT molecular complexity index is 1300. The van der Waals surface area contributed by atoms with Gasteiger partial charge >= 0.3 is 5.97 Å². The molecule has 1 fully saturated rings. The number of H-pyrrole nitrogens is 1. The van der Waals surface area contributed by atoms with Crippen LogP contribution in [0.4, 0.5) is 0 Å². The molecule has 0 radical (unpaired) electrons. The standard InChI is InChI=1S/C28H28ClN3O3/c29-22-9-7-21(8-10-22)26(20-4-2-1-3-5-20)31-12-14-32(15-13-31)27(28(34)35)24-17-30-25-16-19(18-33)6-11-23(24)25/h1-11,16-17,26-27,30,33H,12-15,18H2,(H,34,35)/t26-,27+/m1/s1. The van der Waals surface area contributed by atoms with Crippen molar-refractivity contribution < 1.29 is 15.0 Å². The van der Waals surface area contributed by atoms with Crippen molar-refractivity contribution in [2.75, 3.05) is 26.2 Å². The van der Waals surface area contributed by atoms with Gasteiger partial charge in [0.1, 0.15) is 6.04 Å². The fourth-order valence-corrected chi connectivity index (χ4v) is 5.28. The van der Waals surface area contributed by atoms with E-state index in [-0.39, 0.29) is 12.6 Å². The molecule has 3 N–H and O–H groups in total. The summed E-state index contributed by atoms with van der Waals surface area (Å²) in [6.45, 7) is 2.70. The number of nitrogens with zero attached hydrogens (tertiary/aromatic N) is 2. The summed E-state index contributed by atoms with van der Waals surface area (Å²) < 4.78 is 0. The van der Waals surface area contributed by atoms with Gasteiger partial charge in [0.15, 0.2) is 0 Å². The lowest BCUT2D eigenvalue weighted by Gasteiger charge is -2.41. The molecule has 1 aliphatic heterocycles. The number of carboxylic acids is 1. The van der Waals surface area contributed by atoms with Gasteiger partial charge in [-0.2, -0.15) is 0 Å². The van der Waals surface area contributed by atoms with Gasteiger partial charge in [-0.15, -0.1) is 0 Å². The summed E-state index contributed by atoms with van der Waals surface area (Å²) in [4.78, 5) is 20.1. The van der Waals surface area contributed by atoms with E-state index in [2.05, 4.69) is 34.1 Å². The quantitative estimate of drug-likeness (QED) is 0.346. The first-order valence-corrected chi connectivity index (χ1v) is 12.1. The van der Waals surface area contributed by atoms with Gasteiger partial charge in [-0.3, -0.25) is 14.6 Å². The van der Waals surface area contributed by atoms with Crippen molar-refractivity contribution in [2.24, 2.45) is 0 Å². The molecule has 1 aromatic heterocycles. The summed E-state index contributed by atoms with van der Waals surface area (Å²) in [6.07, 6.45) is 1.79. The fourth-order valence-electron chi connectivity index (χ4n) is 5.15. The largest absolute Gasteiger partial charge is 0.480 e. The normalized spacial score (nSPS) is 16.9. The maximum absolute atomic E-state index is 12.4. The molecule has 5 rings (SSSR count). The van der Waals surface area contributed by atoms with Crippen LogP contribution in [0.2, 0.25) is 5.02 Å². The minimum absolute atomic E-state index is 0.0508. The van der Waals surface area contributed by atoms with Crippen LogP contribution in [0, 0.1) is 0 Å². The number of aliphatic hydroxyl groups excluding tert-OH is 1. The summed E-state index contributed by atoms with van der Waals surface area (Å²) in [6, 6.07) is 23.3. The average Bonchev–Trinajstić information content (AvgIpc) is 3.29. The number of aromatic nitrogens is 1. The number of rotatable bonds is 7. The van der Waals surface area contributed by atoms with Gasteiger partial charge in [-0.05, 0) is 34.9 Å². The number of aliphatic hydroxyl groups is 1. The summed E-state index contributed by atoms with van der Waals surface area (Å²) in [5.41, 5.74) is 4.75. The highest BCUT2D eigenvalue weighted by Crippen LogP contribution is 2.34. The Kier molecular flexibility index (Phi) is 6.88. The number of fused-ring (bicyclic) bond motifs is 1. The number of carbonyl (C=O) groups is 1. The van der Waals surface area contributed by atoms with E-state index >= 15 is 0 Å². The first-order chi connectivity index (χ1) is 17.0. The van der Waals surface area contributed by atoms with Gasteiger partial charge in [0.25, 0.3) is 0 Å². The Morgan fingerprint density at radius 1 is 0.914 bits per heavy atom. The molecule has 35 heavy (non-hydrogen) atoms. The molecule has 7 heteroatoms. The first-order valence-electron chi connectivity index (χ1n) is 11.8. The van der Waals surface area contributed by atoms with E-state index in [1.165, 1.54) is 11.1 Å². The van der Waals surface area contributed by atoms with Crippen LogP contribution in [0.5, 0.6) is 0 Å². The van der Waals surface area contributed by atoms with E-state index < -0.39 is 12.0 Å². The van der Waals surface area contributed by atoms with Gasteiger partial charge in [-0.25, -0.2) is 0 Å². The number of carboxylic acid groups (broad SMARTS) is 1. The number of piperazine rings is 1. The number of aromatic amines is 1. The zero-order chi connectivity index (χ0) is 24.4. The molecule has 0 saturated carbocycles. The summed E-state index contributed by atoms with van der Waals surface area (Å²) in [5.74, 6) is -0.858. The molecule has 3 aromatic carbocycles. The SMILES string of the molecule is O=C(O)[C@H](c1c[nH]c2cc(CO)ccc12)N1CCN([C@H](c2ccccc2)c2ccc(Cl)cc2)CC1. The van der Waals surface area contributed by atoms with E-state index in [1.807, 2.05) is 53.4 Å². The number of aliphatic carboxylic acids is 1. The van der Waals surface area contributed by atoms with E-state index in [0.29, 0.717) is 18.1 Å². The van der Waals surface area contributed by atoms with Crippen LogP contribution in [0.1, 0.15) is 34.3 Å². The third-order valence-corrected chi connectivity index (χ3v) is 7.12. The Balaban J connectivity index is 1.39. The lowest BCUT2D eigenvalue weighted by Crippen LogP contribution is -2.50. The molecule has 0 aliphatic carbocycles. The van der Waals surface area contributed by atoms with E-state index in [1.54, 1.807) is 6.20 Å². The molecule has 2 atom stereocenters. The molecule has 180 valence electrons. The lowest BCUT2D eigenvalue weighted by molar-refractivity contribution is -0.144. The third kappa shape index (κ3) is 4.83. The van der Waals surface area contributed by atoms with Crippen molar-refractivity contribution in [3.05, 3.63) is 106 Å². The van der Waals surface area contributed by atoms with Crippen LogP contribution in [0.3, 0.4) is 0 Å². The molecule has 0 amide bonds. The smallest absolute Gasteiger partial charge is 0.325 e. The Hall–Kier alpha value is -3.16. The van der Waals surface area contributed by atoms with Crippen molar-refractivity contribution in [1.29, 1.82) is 0 Å². The number of halogens is 1. The fraction of sp³-hybridized carbons (Fsp3) is 0.250. The van der Waals surface area contributed by atoms with E-state index in [9.17, 15) is 15.0 Å². The average molecular weight is 490 g/mol. The van der Waals surface area contributed by atoms with Crippen LogP contribution in [-0.4, -0.2) is 57.1 Å². The maximum Gasteiger partial charge on any atom is 0.325 e. The lowest BCUT2D eigenvalue weighted by atomic mass is 9.96. The monoisotopic (exact) mass is 489 g/mol. The van der Waals surface area contributed by atoms with Gasteiger partial charge in [-0.1, -0.05) is 66.2 Å². The highest BCUT2D eigenvalue weighted by Gasteiger charge is 2.34. The number of hydrogen-bond donors (Lipinski definition) is 3. The van der Waals surface area contributed by atoms with Gasteiger partial charge in [0.05, 0.1) is 12.6 Å². The van der Waals surface area contributed by atoms with Gasteiger partial charge < -0.3 is 15.2 Å². The molecule has 0 bridgehead atoms. The van der Waals surface area contributed by atoms with Crippen LogP contribution >= 0.6 is 11.6 Å². The third-order valence-electron chi connectivity index (χ3n) is 6.87. The Morgan fingerprint density at radius 3 is 2.23 bits per heavy atom. The highest BCUT2D eigenvalue weighted by molar-refractivity contribution is 6.30. The van der Waals surface area contributed by atoms with Crippen molar-refractivity contribution in [2.45, 2.75) is 18.7 Å². The first kappa shape index (κ1) is 23.6. The minimum atomic E-state index is -0.858. The summed E-state index contributed by atoms with van der Waals surface area (Å²) in [5, 5.41) is 21.2. The summed E-state index contributed by atoms with van der Waals surface area (Å²) >= 11 is 6.15. The molecular weight excluding hydrogens is 462 g/mol. The molecule has 4 aromatic rings. The van der Waals surface area contributed by atoms with Crippen molar-refractivity contribution in [3.63, 3.8) is 0 Å². The second kappa shape index (κ2) is 10.2. The molecule has 1 saturated heterocycles. The van der Waals surface area contributed by atoms with Crippen LogP contribution in [0.25, 0.3) is 10.9 Å². The Morgan fingerprint density at radius 2 is 1.57 bits per heavy atom. The predicted molar refractivity (Wildman–Crippen MR) is 137 cm³/mol. The van der Waals surface area contributed by atoms with Crippen LogP contribution in [-0.2, 0) is 11.4 Å². The van der Waals surface area contributed by atoms with Crippen molar-refractivity contribution in [1.82, 2.24) is 14.8 Å². The minimum Gasteiger partial charge on any atom is -0.480 e.